The van der Waals surface area contributed by atoms with E-state index in [0.717, 1.165) is 30.1 Å². The van der Waals surface area contributed by atoms with Gasteiger partial charge < -0.3 is 0 Å². The molecule has 0 bridgehead atoms. The lowest BCUT2D eigenvalue weighted by Gasteiger charge is -2.05. The second-order valence-electron chi connectivity index (χ2n) is 4.45. The zero-order valence-electron chi connectivity index (χ0n) is 11.2. The predicted octanol–water partition coefficient (Wildman–Crippen LogP) is 4.68. The summed E-state index contributed by atoms with van der Waals surface area (Å²) in [6.07, 6.45) is 2.02. The van der Waals surface area contributed by atoms with Gasteiger partial charge in [0.2, 0.25) is 0 Å². The Bertz CT molecular complexity index is 540. The molecule has 0 saturated heterocycles. The van der Waals surface area contributed by atoms with Crippen LogP contribution in [0.2, 0.25) is 5.15 Å². The SMILES string of the molecule is CCCc1cc(Cl)nc(CSc2ccc(C)cc2)n1. The first-order valence-electron chi connectivity index (χ1n) is 6.39. The van der Waals surface area contributed by atoms with E-state index in [1.807, 2.05) is 6.07 Å². The Hall–Kier alpha value is -1.06. The third-order valence-electron chi connectivity index (χ3n) is 2.69. The van der Waals surface area contributed by atoms with Crippen LogP contribution in [0.1, 0.15) is 30.4 Å². The summed E-state index contributed by atoms with van der Waals surface area (Å²) in [5.74, 6) is 1.56. The third-order valence-corrected chi connectivity index (χ3v) is 3.89. The van der Waals surface area contributed by atoms with E-state index in [9.17, 15) is 0 Å². The van der Waals surface area contributed by atoms with E-state index in [4.69, 9.17) is 11.6 Å². The van der Waals surface area contributed by atoms with Crippen LogP contribution in [0.15, 0.2) is 35.2 Å². The fourth-order valence-corrected chi connectivity index (χ4v) is 2.72. The fourth-order valence-electron chi connectivity index (χ4n) is 1.75. The van der Waals surface area contributed by atoms with Crippen molar-refractivity contribution in [3.63, 3.8) is 0 Å². The highest BCUT2D eigenvalue weighted by Gasteiger charge is 2.04. The normalized spacial score (nSPS) is 10.7. The van der Waals surface area contributed by atoms with Crippen LogP contribution in [-0.2, 0) is 12.2 Å². The van der Waals surface area contributed by atoms with Crippen LogP contribution in [0.5, 0.6) is 0 Å². The number of halogens is 1. The monoisotopic (exact) mass is 292 g/mol. The quantitative estimate of drug-likeness (QED) is 0.591. The van der Waals surface area contributed by atoms with Crippen molar-refractivity contribution in [2.75, 3.05) is 0 Å². The standard InChI is InChI=1S/C15H17ClN2S/c1-3-4-12-9-14(16)18-15(17-12)10-19-13-7-5-11(2)6-8-13/h5-9H,3-4,10H2,1-2H3. The van der Waals surface area contributed by atoms with Gasteiger partial charge in [-0.25, -0.2) is 9.97 Å². The summed E-state index contributed by atoms with van der Waals surface area (Å²) < 4.78 is 0. The number of hydrogen-bond donors (Lipinski definition) is 0. The van der Waals surface area contributed by atoms with Gasteiger partial charge >= 0.3 is 0 Å². The van der Waals surface area contributed by atoms with Crippen LogP contribution >= 0.6 is 23.4 Å². The van der Waals surface area contributed by atoms with Gasteiger partial charge in [-0.1, -0.05) is 42.6 Å². The molecule has 0 aliphatic rings. The van der Waals surface area contributed by atoms with Gasteiger partial charge in [0, 0.05) is 10.6 Å². The first-order chi connectivity index (χ1) is 9.17. The van der Waals surface area contributed by atoms with Crippen LogP contribution in [0.25, 0.3) is 0 Å². The summed E-state index contributed by atoms with van der Waals surface area (Å²) in [6, 6.07) is 10.3. The van der Waals surface area contributed by atoms with Crippen molar-refractivity contribution in [1.82, 2.24) is 9.97 Å². The fraction of sp³-hybridized carbons (Fsp3) is 0.333. The molecule has 0 radical (unpaired) electrons. The van der Waals surface area contributed by atoms with E-state index in [1.54, 1.807) is 11.8 Å². The lowest BCUT2D eigenvalue weighted by molar-refractivity contribution is 0.853. The second kappa shape index (κ2) is 6.92. The van der Waals surface area contributed by atoms with Gasteiger partial charge in [-0.15, -0.1) is 11.8 Å². The molecule has 4 heteroatoms. The Labute approximate surface area is 123 Å². The zero-order chi connectivity index (χ0) is 13.7. The topological polar surface area (TPSA) is 25.8 Å². The van der Waals surface area contributed by atoms with Crippen molar-refractivity contribution in [2.45, 2.75) is 37.3 Å². The lowest BCUT2D eigenvalue weighted by Crippen LogP contribution is -1.98. The van der Waals surface area contributed by atoms with Crippen molar-refractivity contribution < 1.29 is 0 Å². The van der Waals surface area contributed by atoms with Gasteiger partial charge in [-0.2, -0.15) is 0 Å². The van der Waals surface area contributed by atoms with Gasteiger partial charge in [0.05, 0.1) is 5.75 Å². The second-order valence-corrected chi connectivity index (χ2v) is 5.89. The molecule has 0 N–H and O–H groups in total. The first-order valence-corrected chi connectivity index (χ1v) is 7.75. The van der Waals surface area contributed by atoms with Crippen molar-refractivity contribution in [3.8, 4) is 0 Å². The average molecular weight is 293 g/mol. The van der Waals surface area contributed by atoms with Crippen LogP contribution in [-0.4, -0.2) is 9.97 Å². The molecule has 0 aliphatic heterocycles. The van der Waals surface area contributed by atoms with E-state index in [1.165, 1.54) is 10.5 Å². The predicted molar refractivity (Wildman–Crippen MR) is 81.8 cm³/mol. The highest BCUT2D eigenvalue weighted by Crippen LogP contribution is 2.22. The van der Waals surface area contributed by atoms with Crippen molar-refractivity contribution in [1.29, 1.82) is 0 Å². The Balaban J connectivity index is 2.04. The molecule has 2 aromatic rings. The number of thioether (sulfide) groups is 1. The van der Waals surface area contributed by atoms with E-state index in [-0.39, 0.29) is 0 Å². The minimum Gasteiger partial charge on any atom is -0.237 e. The molecule has 1 heterocycles. The molecule has 0 amide bonds. The first kappa shape index (κ1) is 14.4. The highest BCUT2D eigenvalue weighted by atomic mass is 35.5. The molecule has 1 aromatic heterocycles. The Kier molecular flexibility index (Phi) is 5.23. The molecule has 0 aliphatic carbocycles. The molecule has 0 unspecified atom stereocenters. The Morgan fingerprint density at radius 1 is 1.16 bits per heavy atom. The number of aryl methyl sites for hydroxylation is 2. The molecule has 1 aromatic carbocycles. The number of hydrogen-bond acceptors (Lipinski definition) is 3. The lowest BCUT2D eigenvalue weighted by atomic mass is 10.2. The van der Waals surface area contributed by atoms with Crippen LogP contribution < -0.4 is 0 Å². The number of benzene rings is 1. The molecule has 2 rings (SSSR count). The molecular formula is C15H17ClN2S. The third kappa shape index (κ3) is 4.51. The van der Waals surface area contributed by atoms with Gasteiger partial charge in [-0.05, 0) is 31.5 Å². The van der Waals surface area contributed by atoms with E-state index < -0.39 is 0 Å². The largest absolute Gasteiger partial charge is 0.237 e. The smallest absolute Gasteiger partial charge is 0.140 e. The van der Waals surface area contributed by atoms with E-state index >= 15 is 0 Å². The van der Waals surface area contributed by atoms with Gasteiger partial charge in [0.15, 0.2) is 0 Å². The Morgan fingerprint density at radius 3 is 2.58 bits per heavy atom. The molecule has 19 heavy (non-hydrogen) atoms. The number of aromatic nitrogens is 2. The molecule has 0 saturated carbocycles. The highest BCUT2D eigenvalue weighted by molar-refractivity contribution is 7.98. The number of nitrogens with zero attached hydrogens (tertiary/aromatic N) is 2. The van der Waals surface area contributed by atoms with Crippen molar-refractivity contribution in [2.24, 2.45) is 0 Å². The summed E-state index contributed by atoms with van der Waals surface area (Å²) >= 11 is 7.76. The maximum absolute atomic E-state index is 6.03. The molecule has 2 nitrogen and oxygen atoms in total. The van der Waals surface area contributed by atoms with E-state index in [0.29, 0.717) is 5.15 Å². The maximum Gasteiger partial charge on any atom is 0.140 e. The molecular weight excluding hydrogens is 276 g/mol. The van der Waals surface area contributed by atoms with Crippen LogP contribution in [0, 0.1) is 6.92 Å². The van der Waals surface area contributed by atoms with Gasteiger partial charge in [-0.3, -0.25) is 0 Å². The average Bonchev–Trinajstić information content (AvgIpc) is 2.38. The maximum atomic E-state index is 6.03. The molecule has 0 spiro atoms. The van der Waals surface area contributed by atoms with Crippen LogP contribution in [0.4, 0.5) is 0 Å². The summed E-state index contributed by atoms with van der Waals surface area (Å²) in [7, 11) is 0. The van der Waals surface area contributed by atoms with Crippen LogP contribution in [0.3, 0.4) is 0 Å². The minimum absolute atomic E-state index is 0.540. The summed E-state index contributed by atoms with van der Waals surface area (Å²) in [5, 5.41) is 0.540. The summed E-state index contributed by atoms with van der Waals surface area (Å²) in [6.45, 7) is 4.22. The summed E-state index contributed by atoms with van der Waals surface area (Å²) in [4.78, 5) is 10.0. The van der Waals surface area contributed by atoms with Crippen molar-refractivity contribution >= 4 is 23.4 Å². The van der Waals surface area contributed by atoms with Crippen molar-refractivity contribution in [3.05, 3.63) is 52.6 Å². The zero-order valence-corrected chi connectivity index (χ0v) is 12.8. The Morgan fingerprint density at radius 2 is 1.89 bits per heavy atom. The number of rotatable bonds is 5. The summed E-state index contributed by atoms with van der Waals surface area (Å²) in [5.41, 5.74) is 2.30. The van der Waals surface area contributed by atoms with E-state index in [2.05, 4.69) is 48.1 Å². The molecule has 100 valence electrons. The minimum atomic E-state index is 0.540. The van der Waals surface area contributed by atoms with Gasteiger partial charge in [0.25, 0.3) is 0 Å². The van der Waals surface area contributed by atoms with Gasteiger partial charge in [0.1, 0.15) is 11.0 Å². The molecule has 0 atom stereocenters. The molecule has 0 fully saturated rings.